The number of hydrazine groups is 1. The van der Waals surface area contributed by atoms with Crippen LogP contribution in [0.1, 0.15) is 5.56 Å². The predicted octanol–water partition coefficient (Wildman–Crippen LogP) is 0.836. The summed E-state index contributed by atoms with van der Waals surface area (Å²) in [6.07, 6.45) is 6.22. The lowest BCUT2D eigenvalue weighted by Gasteiger charge is -2.18. The molecular formula is C12H16N6. The van der Waals surface area contributed by atoms with Crippen LogP contribution in [0.3, 0.4) is 0 Å². The quantitative estimate of drug-likeness (QED) is 0.599. The van der Waals surface area contributed by atoms with Gasteiger partial charge < -0.3 is 4.90 Å². The van der Waals surface area contributed by atoms with Gasteiger partial charge in [0.1, 0.15) is 5.82 Å². The van der Waals surface area contributed by atoms with E-state index in [1.165, 1.54) is 5.56 Å². The fourth-order valence-electron chi connectivity index (χ4n) is 1.59. The number of nitrogens with one attached hydrogen (secondary N) is 1. The molecule has 94 valence electrons. The van der Waals surface area contributed by atoms with Gasteiger partial charge in [0.15, 0.2) is 0 Å². The Kier molecular flexibility index (Phi) is 4.03. The van der Waals surface area contributed by atoms with E-state index in [4.69, 9.17) is 5.84 Å². The van der Waals surface area contributed by atoms with E-state index < -0.39 is 0 Å². The highest BCUT2D eigenvalue weighted by molar-refractivity contribution is 5.41. The van der Waals surface area contributed by atoms with Crippen molar-refractivity contribution in [3.63, 3.8) is 0 Å². The maximum atomic E-state index is 5.28. The van der Waals surface area contributed by atoms with Gasteiger partial charge in [-0.1, -0.05) is 0 Å². The summed E-state index contributed by atoms with van der Waals surface area (Å²) < 4.78 is 0. The van der Waals surface area contributed by atoms with Crippen LogP contribution in [-0.2, 0) is 6.42 Å². The van der Waals surface area contributed by atoms with Crippen molar-refractivity contribution in [2.75, 3.05) is 23.9 Å². The number of hydrogen-bond donors (Lipinski definition) is 2. The van der Waals surface area contributed by atoms with Gasteiger partial charge >= 0.3 is 0 Å². The molecule has 18 heavy (non-hydrogen) atoms. The van der Waals surface area contributed by atoms with Gasteiger partial charge in [0, 0.05) is 32.2 Å². The highest BCUT2D eigenvalue weighted by atomic mass is 15.3. The molecule has 0 aliphatic heterocycles. The molecule has 2 aromatic heterocycles. The summed E-state index contributed by atoms with van der Waals surface area (Å²) >= 11 is 0. The number of nitrogens with two attached hydrogens (primary N) is 1. The minimum absolute atomic E-state index is 0.420. The lowest BCUT2D eigenvalue weighted by Crippen LogP contribution is -2.22. The van der Waals surface area contributed by atoms with E-state index in [9.17, 15) is 0 Å². The van der Waals surface area contributed by atoms with Crippen LogP contribution < -0.4 is 16.2 Å². The van der Waals surface area contributed by atoms with Gasteiger partial charge in [-0.2, -0.15) is 4.98 Å². The van der Waals surface area contributed by atoms with Crippen molar-refractivity contribution in [2.24, 2.45) is 5.84 Å². The molecule has 0 aliphatic carbocycles. The maximum absolute atomic E-state index is 5.28. The molecule has 0 atom stereocenters. The summed E-state index contributed by atoms with van der Waals surface area (Å²) in [4.78, 5) is 14.3. The van der Waals surface area contributed by atoms with Crippen molar-refractivity contribution in [3.05, 3.63) is 42.4 Å². The number of rotatable bonds is 5. The standard InChI is InChI=1S/C12H16N6/c1-18(9-5-10-2-6-14-7-3-10)11-4-8-15-12(16-11)17-13/h2-4,6-8H,5,9,13H2,1H3,(H,15,16,17). The molecule has 0 saturated carbocycles. The second kappa shape index (κ2) is 5.92. The molecule has 0 spiro atoms. The zero-order valence-electron chi connectivity index (χ0n) is 10.2. The Bertz CT molecular complexity index is 487. The molecule has 0 aliphatic rings. The highest BCUT2D eigenvalue weighted by Gasteiger charge is 2.04. The van der Waals surface area contributed by atoms with Crippen molar-refractivity contribution in [1.29, 1.82) is 0 Å². The summed E-state index contributed by atoms with van der Waals surface area (Å²) in [5, 5.41) is 0. The van der Waals surface area contributed by atoms with Gasteiger partial charge in [-0.25, -0.2) is 10.8 Å². The van der Waals surface area contributed by atoms with Crippen LogP contribution in [0, 0.1) is 0 Å². The third kappa shape index (κ3) is 3.14. The van der Waals surface area contributed by atoms with Crippen LogP contribution in [-0.4, -0.2) is 28.5 Å². The maximum Gasteiger partial charge on any atom is 0.239 e. The van der Waals surface area contributed by atoms with E-state index in [2.05, 4.69) is 25.3 Å². The Morgan fingerprint density at radius 3 is 2.72 bits per heavy atom. The molecule has 0 amide bonds. The largest absolute Gasteiger partial charge is 0.359 e. The third-order valence-electron chi connectivity index (χ3n) is 2.65. The smallest absolute Gasteiger partial charge is 0.239 e. The first-order valence-electron chi connectivity index (χ1n) is 5.69. The Labute approximate surface area is 106 Å². The lowest BCUT2D eigenvalue weighted by atomic mass is 10.2. The molecule has 3 N–H and O–H groups in total. The number of pyridine rings is 1. The summed E-state index contributed by atoms with van der Waals surface area (Å²) in [7, 11) is 1.99. The average Bonchev–Trinajstić information content (AvgIpc) is 2.46. The van der Waals surface area contributed by atoms with E-state index in [-0.39, 0.29) is 0 Å². The number of nitrogen functional groups attached to an aromatic ring is 1. The van der Waals surface area contributed by atoms with Gasteiger partial charge in [0.05, 0.1) is 0 Å². The Morgan fingerprint density at radius 2 is 2.00 bits per heavy atom. The van der Waals surface area contributed by atoms with E-state index in [0.717, 1.165) is 18.8 Å². The molecule has 2 rings (SSSR count). The summed E-state index contributed by atoms with van der Waals surface area (Å²) in [6, 6.07) is 5.88. The Morgan fingerprint density at radius 1 is 1.22 bits per heavy atom. The normalized spacial score (nSPS) is 10.1. The van der Waals surface area contributed by atoms with E-state index >= 15 is 0 Å². The molecule has 0 bridgehead atoms. The summed E-state index contributed by atoms with van der Waals surface area (Å²) in [5.41, 5.74) is 3.69. The minimum Gasteiger partial charge on any atom is -0.359 e. The number of likely N-dealkylation sites (N-methyl/N-ethyl adjacent to an activating group) is 1. The highest BCUT2D eigenvalue weighted by Crippen LogP contribution is 2.10. The molecule has 6 nitrogen and oxygen atoms in total. The van der Waals surface area contributed by atoms with Gasteiger partial charge in [-0.3, -0.25) is 10.4 Å². The first-order chi connectivity index (χ1) is 8.79. The molecule has 0 aromatic carbocycles. The molecular weight excluding hydrogens is 228 g/mol. The Balaban J connectivity index is 1.97. The molecule has 2 aromatic rings. The minimum atomic E-state index is 0.420. The van der Waals surface area contributed by atoms with E-state index in [0.29, 0.717) is 5.95 Å². The van der Waals surface area contributed by atoms with Crippen LogP contribution in [0.4, 0.5) is 11.8 Å². The number of hydrogen-bond acceptors (Lipinski definition) is 6. The van der Waals surface area contributed by atoms with Crippen LogP contribution >= 0.6 is 0 Å². The second-order valence-corrected chi connectivity index (χ2v) is 3.91. The van der Waals surface area contributed by atoms with Crippen molar-refractivity contribution in [2.45, 2.75) is 6.42 Å². The zero-order valence-corrected chi connectivity index (χ0v) is 10.2. The van der Waals surface area contributed by atoms with Gasteiger partial charge in [0.25, 0.3) is 0 Å². The molecule has 2 heterocycles. The van der Waals surface area contributed by atoms with Crippen molar-refractivity contribution < 1.29 is 0 Å². The van der Waals surface area contributed by atoms with Gasteiger partial charge in [-0.05, 0) is 30.2 Å². The van der Waals surface area contributed by atoms with Crippen molar-refractivity contribution in [1.82, 2.24) is 15.0 Å². The fourth-order valence-corrected chi connectivity index (χ4v) is 1.59. The third-order valence-corrected chi connectivity index (χ3v) is 2.65. The topological polar surface area (TPSA) is 80.0 Å². The van der Waals surface area contributed by atoms with Gasteiger partial charge in [-0.15, -0.1) is 0 Å². The average molecular weight is 244 g/mol. The number of nitrogens with zero attached hydrogens (tertiary/aromatic N) is 4. The molecule has 0 fully saturated rings. The fraction of sp³-hybridized carbons (Fsp3) is 0.250. The van der Waals surface area contributed by atoms with Crippen LogP contribution in [0.5, 0.6) is 0 Å². The second-order valence-electron chi connectivity index (χ2n) is 3.91. The van der Waals surface area contributed by atoms with E-state index in [1.54, 1.807) is 18.6 Å². The molecule has 0 radical (unpaired) electrons. The first kappa shape index (κ1) is 12.3. The first-order valence-corrected chi connectivity index (χ1v) is 5.69. The van der Waals surface area contributed by atoms with Crippen LogP contribution in [0.2, 0.25) is 0 Å². The Hall–Kier alpha value is -2.21. The van der Waals surface area contributed by atoms with Crippen molar-refractivity contribution >= 4 is 11.8 Å². The number of aromatic nitrogens is 3. The zero-order chi connectivity index (χ0) is 12.8. The summed E-state index contributed by atoms with van der Waals surface area (Å²) in [5.74, 6) is 6.54. The molecule has 6 heteroatoms. The van der Waals surface area contributed by atoms with Crippen molar-refractivity contribution in [3.8, 4) is 0 Å². The van der Waals surface area contributed by atoms with Gasteiger partial charge in [0.2, 0.25) is 5.95 Å². The number of anilines is 2. The summed E-state index contributed by atoms with van der Waals surface area (Å²) in [6.45, 7) is 0.866. The lowest BCUT2D eigenvalue weighted by molar-refractivity contribution is 0.854. The predicted molar refractivity (Wildman–Crippen MR) is 71.1 cm³/mol. The molecule has 0 unspecified atom stereocenters. The SMILES string of the molecule is CN(CCc1ccncc1)c1ccnc(NN)n1. The molecule has 0 saturated heterocycles. The van der Waals surface area contributed by atoms with Crippen LogP contribution in [0.25, 0.3) is 0 Å². The monoisotopic (exact) mass is 244 g/mol. The van der Waals surface area contributed by atoms with Crippen LogP contribution in [0.15, 0.2) is 36.8 Å². The van der Waals surface area contributed by atoms with E-state index in [1.807, 2.05) is 25.2 Å².